The molecule has 0 fully saturated rings. The van der Waals surface area contributed by atoms with E-state index >= 15 is 0 Å². The SMILES string of the molecule is C.CC(C)OCCCCO.CCCCOC(C)C.CCCOC(C)C.COCCCCOC(C)C.COCCCOC(C)C.COCCOC(C)C. The summed E-state index contributed by atoms with van der Waals surface area (Å²) in [5, 5.41) is 8.38. The molecular formula is C42H98O10. The van der Waals surface area contributed by atoms with E-state index in [-0.39, 0.29) is 14.0 Å². The minimum Gasteiger partial charge on any atom is -0.396 e. The zero-order chi connectivity index (χ0) is 40.6. The van der Waals surface area contributed by atoms with Gasteiger partial charge in [0.2, 0.25) is 0 Å². The van der Waals surface area contributed by atoms with Gasteiger partial charge in [0.1, 0.15) is 0 Å². The third-order valence-electron chi connectivity index (χ3n) is 5.48. The summed E-state index contributed by atoms with van der Waals surface area (Å²) in [4.78, 5) is 0. The van der Waals surface area contributed by atoms with Crippen molar-refractivity contribution in [3.8, 4) is 0 Å². The number of hydrogen-bond donors (Lipinski definition) is 1. The van der Waals surface area contributed by atoms with Gasteiger partial charge in [0.15, 0.2) is 0 Å². The Hall–Kier alpha value is -0.400. The smallest absolute Gasteiger partial charge is 0.0703 e. The number of rotatable bonds is 27. The maximum absolute atomic E-state index is 8.38. The van der Waals surface area contributed by atoms with Crippen LogP contribution >= 0.6 is 0 Å². The van der Waals surface area contributed by atoms with E-state index in [4.69, 9.17) is 47.7 Å². The second-order valence-electron chi connectivity index (χ2n) is 13.3. The fourth-order valence-corrected chi connectivity index (χ4v) is 2.91. The molecule has 52 heavy (non-hydrogen) atoms. The number of methoxy groups -OCH3 is 3. The lowest BCUT2D eigenvalue weighted by molar-refractivity contribution is 0.0351. The summed E-state index contributed by atoms with van der Waals surface area (Å²) in [7, 11) is 5.10. The van der Waals surface area contributed by atoms with Gasteiger partial charge in [0, 0.05) is 74.2 Å². The highest BCUT2D eigenvalue weighted by Crippen LogP contribution is 1.95. The van der Waals surface area contributed by atoms with Crippen LogP contribution in [0.5, 0.6) is 0 Å². The Morgan fingerprint density at radius 1 is 0.327 bits per heavy atom. The first kappa shape index (κ1) is 66.4. The average Bonchev–Trinajstić information content (AvgIpc) is 3.05. The maximum atomic E-state index is 8.38. The number of hydrogen-bond acceptors (Lipinski definition) is 10. The van der Waals surface area contributed by atoms with Crippen molar-refractivity contribution in [2.24, 2.45) is 0 Å². The van der Waals surface area contributed by atoms with Gasteiger partial charge in [-0.05, 0) is 128 Å². The van der Waals surface area contributed by atoms with Gasteiger partial charge in [-0.3, -0.25) is 0 Å². The summed E-state index contributed by atoms with van der Waals surface area (Å²) in [6, 6.07) is 0. The standard InChI is InChI=1S/C8H18O2.2C7H16O2.C7H16O.C6H14O2.C6H14O.CH4/c1-8(2)10-7-5-4-6-9-3;1-7(2)9-6-4-5-8-3;1-7(2)9-6-4-3-5-8;1-4-5-6-8-7(2)3;1-6(2)8-5-4-7-3;1-4-5-7-6(2)3;/h8H,4-7H2,1-3H3;7H,4-6H2,1-3H3;7-8H,3-6H2,1-2H3;7H,4-6H2,1-3H3;6H,4-5H2,1-3H3;6H,4-5H2,1-3H3;1H4. The maximum Gasteiger partial charge on any atom is 0.0703 e. The predicted octanol–water partition coefficient (Wildman–Crippen LogP) is 10.2. The Labute approximate surface area is 327 Å². The van der Waals surface area contributed by atoms with E-state index in [0.29, 0.717) is 49.8 Å². The molecule has 0 rings (SSSR count). The number of aliphatic hydroxyl groups excluding tert-OH is 1. The van der Waals surface area contributed by atoms with Crippen molar-refractivity contribution in [2.45, 2.75) is 192 Å². The molecule has 0 atom stereocenters. The fourth-order valence-electron chi connectivity index (χ4n) is 2.91. The van der Waals surface area contributed by atoms with Crippen LogP contribution in [0.3, 0.4) is 0 Å². The largest absolute Gasteiger partial charge is 0.396 e. The summed E-state index contributed by atoms with van der Waals surface area (Å²) in [5.74, 6) is 0. The van der Waals surface area contributed by atoms with Crippen molar-refractivity contribution in [2.75, 3.05) is 87.4 Å². The third kappa shape index (κ3) is 110. The molecule has 0 heterocycles. The van der Waals surface area contributed by atoms with Crippen molar-refractivity contribution in [1.82, 2.24) is 0 Å². The first-order valence-electron chi connectivity index (χ1n) is 19.9. The Bertz CT molecular complexity index is 489. The molecular weight excluding hydrogens is 664 g/mol. The molecule has 0 unspecified atom stereocenters. The molecule has 0 radical (unpaired) electrons. The van der Waals surface area contributed by atoms with E-state index in [0.717, 1.165) is 84.8 Å². The Balaban J connectivity index is -0.0000000934. The first-order valence-corrected chi connectivity index (χ1v) is 19.9. The second-order valence-corrected chi connectivity index (χ2v) is 13.3. The summed E-state index contributed by atoms with van der Waals surface area (Å²) in [6.45, 7) is 36.3. The van der Waals surface area contributed by atoms with Gasteiger partial charge < -0.3 is 47.7 Å². The number of aliphatic hydroxyl groups is 1. The molecule has 10 nitrogen and oxygen atoms in total. The number of unbranched alkanes of at least 4 members (excludes halogenated alkanes) is 3. The molecule has 1 N–H and O–H groups in total. The van der Waals surface area contributed by atoms with Crippen LogP contribution in [0.1, 0.15) is 156 Å². The highest BCUT2D eigenvalue weighted by molar-refractivity contribution is 4.41. The monoisotopic (exact) mass is 763 g/mol. The van der Waals surface area contributed by atoms with Crippen molar-refractivity contribution in [3.63, 3.8) is 0 Å². The molecule has 10 heteroatoms. The molecule has 0 bridgehead atoms. The molecule has 0 saturated carbocycles. The third-order valence-corrected chi connectivity index (χ3v) is 5.48. The Morgan fingerprint density at radius 2 is 0.615 bits per heavy atom. The molecule has 0 amide bonds. The molecule has 0 saturated heterocycles. The van der Waals surface area contributed by atoms with E-state index in [2.05, 4.69) is 55.4 Å². The summed E-state index contributed by atoms with van der Waals surface area (Å²) in [5.41, 5.74) is 0. The Morgan fingerprint density at radius 3 is 0.923 bits per heavy atom. The second kappa shape index (κ2) is 62.6. The molecule has 0 aromatic carbocycles. The predicted molar refractivity (Wildman–Crippen MR) is 224 cm³/mol. The zero-order valence-electron chi connectivity index (χ0n) is 37.3. The van der Waals surface area contributed by atoms with Crippen LogP contribution in [-0.4, -0.2) is 129 Å². The van der Waals surface area contributed by atoms with Crippen LogP contribution in [0.25, 0.3) is 0 Å². The minimum atomic E-state index is 0. The van der Waals surface area contributed by atoms with E-state index in [9.17, 15) is 0 Å². The lowest BCUT2D eigenvalue weighted by Gasteiger charge is -2.05. The topological polar surface area (TPSA) is 103 Å². The average molecular weight is 763 g/mol. The van der Waals surface area contributed by atoms with Crippen molar-refractivity contribution in [1.29, 1.82) is 0 Å². The van der Waals surface area contributed by atoms with Gasteiger partial charge >= 0.3 is 0 Å². The van der Waals surface area contributed by atoms with Crippen LogP contribution in [0.15, 0.2) is 0 Å². The van der Waals surface area contributed by atoms with E-state index in [1.807, 2.05) is 41.5 Å². The van der Waals surface area contributed by atoms with Crippen LogP contribution in [0.2, 0.25) is 0 Å². The summed E-state index contributed by atoms with van der Waals surface area (Å²) >= 11 is 0. The quantitative estimate of drug-likeness (QED) is 0.0814. The fraction of sp³-hybridized carbons (Fsp3) is 1.00. The minimum absolute atomic E-state index is 0. The van der Waals surface area contributed by atoms with Crippen LogP contribution in [-0.2, 0) is 42.6 Å². The van der Waals surface area contributed by atoms with Crippen LogP contribution < -0.4 is 0 Å². The molecule has 326 valence electrons. The van der Waals surface area contributed by atoms with Crippen molar-refractivity contribution in [3.05, 3.63) is 0 Å². The van der Waals surface area contributed by atoms with Crippen molar-refractivity contribution < 1.29 is 47.7 Å². The first-order chi connectivity index (χ1) is 24.1. The molecule has 0 spiro atoms. The van der Waals surface area contributed by atoms with E-state index in [1.165, 1.54) is 12.8 Å². The van der Waals surface area contributed by atoms with E-state index < -0.39 is 0 Å². The molecule has 0 aromatic heterocycles. The molecule has 0 aliphatic rings. The lowest BCUT2D eigenvalue weighted by atomic mass is 10.3. The molecule has 0 aromatic rings. The van der Waals surface area contributed by atoms with Gasteiger partial charge in [0.25, 0.3) is 0 Å². The van der Waals surface area contributed by atoms with Crippen LogP contribution in [0, 0.1) is 0 Å². The van der Waals surface area contributed by atoms with Gasteiger partial charge in [-0.25, -0.2) is 0 Å². The van der Waals surface area contributed by atoms with Gasteiger partial charge in [-0.15, -0.1) is 0 Å². The zero-order valence-corrected chi connectivity index (χ0v) is 37.3. The van der Waals surface area contributed by atoms with Gasteiger partial charge in [0.05, 0.1) is 49.8 Å². The van der Waals surface area contributed by atoms with Gasteiger partial charge in [-0.1, -0.05) is 27.7 Å². The molecule has 0 aliphatic carbocycles. The van der Waals surface area contributed by atoms with Gasteiger partial charge in [-0.2, -0.15) is 0 Å². The van der Waals surface area contributed by atoms with E-state index in [1.54, 1.807) is 21.3 Å². The molecule has 0 aliphatic heterocycles. The lowest BCUT2D eigenvalue weighted by Crippen LogP contribution is -2.07. The Kier molecular flexibility index (Phi) is 79.9. The highest BCUT2D eigenvalue weighted by Gasteiger charge is 1.94. The highest BCUT2D eigenvalue weighted by atomic mass is 16.5. The van der Waals surface area contributed by atoms with Crippen LogP contribution in [0.4, 0.5) is 0 Å². The number of ether oxygens (including phenoxy) is 9. The summed E-state index contributed by atoms with van der Waals surface area (Å²) in [6.07, 6.45) is 10.7. The summed E-state index contributed by atoms with van der Waals surface area (Å²) < 4.78 is 46.0. The normalized spacial score (nSPS) is 10.4. The van der Waals surface area contributed by atoms with Crippen molar-refractivity contribution >= 4 is 0 Å².